The second kappa shape index (κ2) is 9.03. The van der Waals surface area contributed by atoms with Gasteiger partial charge in [0.25, 0.3) is 0 Å². The minimum Gasteiger partial charge on any atom is -0.496 e. The molecule has 4 heteroatoms. The Morgan fingerprint density at radius 3 is 1.23 bits per heavy atom. The maximum absolute atomic E-state index is 5.70. The number of benzene rings is 4. The van der Waals surface area contributed by atoms with E-state index in [1.54, 1.807) is 28.4 Å². The lowest BCUT2D eigenvalue weighted by atomic mass is 9.96. The first-order valence-electron chi connectivity index (χ1n) is 11.7. The summed E-state index contributed by atoms with van der Waals surface area (Å²) in [6.45, 7) is 4.06. The Hall–Kier alpha value is -3.92. The van der Waals surface area contributed by atoms with E-state index in [4.69, 9.17) is 18.9 Å². The van der Waals surface area contributed by atoms with Gasteiger partial charge in [-0.2, -0.15) is 0 Å². The summed E-state index contributed by atoms with van der Waals surface area (Å²) in [7, 11) is 6.83. The molecular formula is C31H30O4. The lowest BCUT2D eigenvalue weighted by Gasteiger charge is -2.14. The summed E-state index contributed by atoms with van der Waals surface area (Å²) in [6.07, 6.45) is 0.878. The second-order valence-corrected chi connectivity index (χ2v) is 8.96. The average molecular weight is 467 g/mol. The van der Waals surface area contributed by atoms with Crippen molar-refractivity contribution in [2.75, 3.05) is 28.4 Å². The summed E-state index contributed by atoms with van der Waals surface area (Å²) < 4.78 is 22.5. The van der Waals surface area contributed by atoms with Gasteiger partial charge in [-0.15, -0.1) is 0 Å². The van der Waals surface area contributed by atoms with Crippen molar-refractivity contribution < 1.29 is 18.9 Å². The molecule has 0 atom stereocenters. The summed E-state index contributed by atoms with van der Waals surface area (Å²) in [5.41, 5.74) is 11.6. The summed E-state index contributed by atoms with van der Waals surface area (Å²) >= 11 is 0. The van der Waals surface area contributed by atoms with Gasteiger partial charge in [0.2, 0.25) is 0 Å². The number of methoxy groups -OCH3 is 4. The summed E-state index contributed by atoms with van der Waals surface area (Å²) in [5.74, 6) is 3.41. The van der Waals surface area contributed by atoms with Crippen LogP contribution in [0.25, 0.3) is 33.4 Å². The zero-order chi connectivity index (χ0) is 24.7. The molecule has 0 unspecified atom stereocenters. The molecule has 4 nitrogen and oxygen atoms in total. The highest BCUT2D eigenvalue weighted by atomic mass is 16.5. The molecule has 0 spiro atoms. The fraction of sp³-hybridized carbons (Fsp3) is 0.226. The van der Waals surface area contributed by atoms with E-state index in [1.807, 2.05) is 26.0 Å². The van der Waals surface area contributed by atoms with E-state index in [0.717, 1.165) is 62.8 Å². The van der Waals surface area contributed by atoms with Gasteiger partial charge in [-0.1, -0.05) is 36.4 Å². The molecule has 0 bridgehead atoms. The highest BCUT2D eigenvalue weighted by Crippen LogP contribution is 2.44. The van der Waals surface area contributed by atoms with Gasteiger partial charge in [0.05, 0.1) is 28.4 Å². The van der Waals surface area contributed by atoms with Gasteiger partial charge in [-0.05, 0) is 89.0 Å². The highest BCUT2D eigenvalue weighted by Gasteiger charge is 2.22. The molecule has 1 aliphatic carbocycles. The lowest BCUT2D eigenvalue weighted by molar-refractivity contribution is 0.402. The van der Waals surface area contributed by atoms with Crippen LogP contribution >= 0.6 is 0 Å². The van der Waals surface area contributed by atoms with Crippen LogP contribution in [0.5, 0.6) is 23.0 Å². The molecule has 0 saturated heterocycles. The molecule has 0 aromatic heterocycles. The molecule has 1 aliphatic rings. The molecule has 5 rings (SSSR count). The Morgan fingerprint density at radius 2 is 0.857 bits per heavy atom. The van der Waals surface area contributed by atoms with Crippen LogP contribution in [0.3, 0.4) is 0 Å². The van der Waals surface area contributed by atoms with Crippen molar-refractivity contribution in [3.05, 3.63) is 82.9 Å². The Kier molecular flexibility index (Phi) is 5.89. The predicted octanol–water partition coefficient (Wildman–Crippen LogP) is 7.24. The van der Waals surface area contributed by atoms with E-state index in [1.165, 1.54) is 22.3 Å². The van der Waals surface area contributed by atoms with Gasteiger partial charge in [-0.3, -0.25) is 0 Å². The first-order valence-corrected chi connectivity index (χ1v) is 11.7. The normalized spacial score (nSPS) is 11.6. The maximum Gasteiger partial charge on any atom is 0.127 e. The van der Waals surface area contributed by atoms with Crippen LogP contribution < -0.4 is 18.9 Å². The number of hydrogen-bond donors (Lipinski definition) is 0. The molecule has 0 radical (unpaired) electrons. The molecule has 4 aromatic rings. The summed E-state index contributed by atoms with van der Waals surface area (Å²) in [5, 5.41) is 0. The third-order valence-electron chi connectivity index (χ3n) is 6.94. The Bertz CT molecular complexity index is 1330. The van der Waals surface area contributed by atoms with Crippen molar-refractivity contribution in [2.45, 2.75) is 20.3 Å². The van der Waals surface area contributed by atoms with Crippen LogP contribution in [0.4, 0.5) is 0 Å². The van der Waals surface area contributed by atoms with Crippen LogP contribution in [-0.4, -0.2) is 28.4 Å². The molecule has 0 amide bonds. The van der Waals surface area contributed by atoms with Crippen molar-refractivity contribution in [2.24, 2.45) is 0 Å². The minimum absolute atomic E-state index is 0.849. The van der Waals surface area contributed by atoms with Crippen molar-refractivity contribution >= 4 is 0 Å². The van der Waals surface area contributed by atoms with E-state index >= 15 is 0 Å². The first kappa shape index (κ1) is 22.9. The number of ether oxygens (including phenoxy) is 4. The summed E-state index contributed by atoms with van der Waals surface area (Å²) in [4.78, 5) is 0. The lowest BCUT2D eigenvalue weighted by Crippen LogP contribution is -1.94. The maximum atomic E-state index is 5.70. The van der Waals surface area contributed by atoms with Gasteiger partial charge in [-0.25, -0.2) is 0 Å². The van der Waals surface area contributed by atoms with Crippen LogP contribution in [0.2, 0.25) is 0 Å². The van der Waals surface area contributed by atoms with E-state index < -0.39 is 0 Å². The van der Waals surface area contributed by atoms with E-state index in [0.29, 0.717) is 0 Å². The Morgan fingerprint density at radius 1 is 0.457 bits per heavy atom. The van der Waals surface area contributed by atoms with E-state index in [9.17, 15) is 0 Å². The van der Waals surface area contributed by atoms with E-state index in [2.05, 4.69) is 48.5 Å². The number of aryl methyl sites for hydroxylation is 2. The van der Waals surface area contributed by atoms with Crippen molar-refractivity contribution in [3.63, 3.8) is 0 Å². The van der Waals surface area contributed by atoms with Gasteiger partial charge in [0, 0.05) is 11.1 Å². The standard InChI is InChI=1S/C31H30O4/c1-18-11-30(34-5)26(16-28(18)32-3)20-7-9-24-22(13-20)15-23-14-21(8-10-25(23)24)27-17-29(33-4)19(2)12-31(27)35-6/h7-14,16-17H,15H2,1-6H3. The quantitative estimate of drug-likeness (QED) is 0.264. The van der Waals surface area contributed by atoms with Crippen LogP contribution in [-0.2, 0) is 6.42 Å². The van der Waals surface area contributed by atoms with Crippen molar-refractivity contribution in [1.29, 1.82) is 0 Å². The van der Waals surface area contributed by atoms with Crippen molar-refractivity contribution in [3.8, 4) is 56.4 Å². The molecular weight excluding hydrogens is 436 g/mol. The van der Waals surface area contributed by atoms with Crippen LogP contribution in [0.1, 0.15) is 22.3 Å². The van der Waals surface area contributed by atoms with E-state index in [-0.39, 0.29) is 0 Å². The second-order valence-electron chi connectivity index (χ2n) is 8.96. The van der Waals surface area contributed by atoms with Gasteiger partial charge in [0.1, 0.15) is 23.0 Å². The SMILES string of the molecule is COc1cc(-c2ccc3c(c2)Cc2cc(-c4cc(OC)c(C)cc4OC)ccc2-3)c(OC)cc1C. The predicted molar refractivity (Wildman–Crippen MR) is 141 cm³/mol. The molecule has 0 saturated carbocycles. The number of fused-ring (bicyclic) bond motifs is 3. The minimum atomic E-state index is 0.849. The number of rotatable bonds is 6. The molecule has 0 aliphatic heterocycles. The number of hydrogen-bond acceptors (Lipinski definition) is 4. The average Bonchev–Trinajstić information content (AvgIpc) is 3.25. The zero-order valence-corrected chi connectivity index (χ0v) is 21.1. The third kappa shape index (κ3) is 3.89. The molecule has 0 fully saturated rings. The first-order chi connectivity index (χ1) is 17.0. The molecule has 0 heterocycles. The van der Waals surface area contributed by atoms with Gasteiger partial charge >= 0.3 is 0 Å². The molecule has 0 N–H and O–H groups in total. The summed E-state index contributed by atoms with van der Waals surface area (Å²) in [6, 6.07) is 21.5. The molecule has 4 aromatic carbocycles. The van der Waals surface area contributed by atoms with Gasteiger partial charge in [0.15, 0.2) is 0 Å². The molecule has 178 valence electrons. The monoisotopic (exact) mass is 466 g/mol. The van der Waals surface area contributed by atoms with Crippen LogP contribution in [0.15, 0.2) is 60.7 Å². The Labute approximate surface area is 207 Å². The van der Waals surface area contributed by atoms with Gasteiger partial charge < -0.3 is 18.9 Å². The third-order valence-corrected chi connectivity index (χ3v) is 6.94. The smallest absolute Gasteiger partial charge is 0.127 e. The van der Waals surface area contributed by atoms with Crippen LogP contribution in [0, 0.1) is 13.8 Å². The zero-order valence-electron chi connectivity index (χ0n) is 21.1. The fourth-order valence-electron chi connectivity index (χ4n) is 5.10. The Balaban J connectivity index is 1.54. The fourth-order valence-corrected chi connectivity index (χ4v) is 5.10. The van der Waals surface area contributed by atoms with Crippen molar-refractivity contribution in [1.82, 2.24) is 0 Å². The molecule has 35 heavy (non-hydrogen) atoms. The highest BCUT2D eigenvalue weighted by molar-refractivity contribution is 5.85. The largest absolute Gasteiger partial charge is 0.496 e. The topological polar surface area (TPSA) is 36.9 Å².